The molecule has 1 aliphatic rings. The maximum atomic E-state index is 14.0. The number of likely N-dealkylation sites (tertiary alicyclic amines) is 1. The molecule has 2 aromatic carbocycles. The molecule has 1 saturated heterocycles. The van der Waals surface area contributed by atoms with Crippen LogP contribution in [0.5, 0.6) is 5.75 Å². The first-order valence-electron chi connectivity index (χ1n) is 10.1. The number of rotatable bonds is 7. The lowest BCUT2D eigenvalue weighted by Crippen LogP contribution is -2.44. The Bertz CT molecular complexity index is 800. The first kappa shape index (κ1) is 21.6. The fourth-order valence-electron chi connectivity index (χ4n) is 3.52. The molecule has 1 amide bonds. The third-order valence-corrected chi connectivity index (χ3v) is 5.67. The zero-order chi connectivity index (χ0) is 20.8. The second-order valence-corrected chi connectivity index (χ2v) is 8.19. The van der Waals surface area contributed by atoms with Gasteiger partial charge in [0.15, 0.2) is 0 Å². The number of hydrogen-bond acceptors (Lipinski definition) is 3. The Labute approximate surface area is 177 Å². The van der Waals surface area contributed by atoms with Gasteiger partial charge in [0, 0.05) is 23.0 Å². The summed E-state index contributed by atoms with van der Waals surface area (Å²) >= 11 is 6.12. The van der Waals surface area contributed by atoms with E-state index in [9.17, 15) is 9.18 Å². The van der Waals surface area contributed by atoms with Gasteiger partial charge in [-0.15, -0.1) is 0 Å². The summed E-state index contributed by atoms with van der Waals surface area (Å²) in [4.78, 5) is 14.7. The van der Waals surface area contributed by atoms with Crippen LogP contribution in [0.4, 0.5) is 4.39 Å². The Morgan fingerprint density at radius 2 is 1.93 bits per heavy atom. The highest BCUT2D eigenvalue weighted by Crippen LogP contribution is 2.24. The molecule has 2 aromatic rings. The van der Waals surface area contributed by atoms with E-state index in [0.29, 0.717) is 23.7 Å². The van der Waals surface area contributed by atoms with E-state index >= 15 is 0 Å². The fraction of sp³-hybridized carbons (Fsp3) is 0.435. The fourth-order valence-corrected chi connectivity index (χ4v) is 3.74. The minimum absolute atomic E-state index is 0.0239. The lowest BCUT2D eigenvalue weighted by molar-refractivity contribution is -0.127. The Morgan fingerprint density at radius 3 is 2.59 bits per heavy atom. The number of nitrogens with zero attached hydrogens (tertiary/aromatic N) is 1. The van der Waals surface area contributed by atoms with Crippen molar-refractivity contribution in [2.45, 2.75) is 39.3 Å². The highest BCUT2D eigenvalue weighted by molar-refractivity contribution is 6.31. The van der Waals surface area contributed by atoms with Crippen LogP contribution in [0.3, 0.4) is 0 Å². The van der Waals surface area contributed by atoms with Gasteiger partial charge in [0.2, 0.25) is 5.91 Å². The van der Waals surface area contributed by atoms with Crippen LogP contribution in [0.2, 0.25) is 5.02 Å². The molecule has 1 N–H and O–H groups in total. The average molecular weight is 419 g/mol. The summed E-state index contributed by atoms with van der Waals surface area (Å²) in [5, 5.41) is 3.50. The molecule has 0 radical (unpaired) electrons. The third-order valence-electron chi connectivity index (χ3n) is 5.31. The number of hydrogen-bond donors (Lipinski definition) is 1. The number of piperidine rings is 1. The van der Waals surface area contributed by atoms with Gasteiger partial charge in [-0.3, -0.25) is 9.69 Å². The average Bonchev–Trinajstić information content (AvgIpc) is 2.71. The maximum absolute atomic E-state index is 14.0. The molecule has 0 saturated carbocycles. The summed E-state index contributed by atoms with van der Waals surface area (Å²) in [6, 6.07) is 12.5. The number of aryl methyl sites for hydroxylation is 1. The minimum Gasteiger partial charge on any atom is -0.491 e. The van der Waals surface area contributed by atoms with Crippen molar-refractivity contribution in [3.8, 4) is 5.75 Å². The standard InChI is InChI=1S/C23H28ClFN2O2/c1-16-6-8-19(9-7-16)29-15-17(2)26-23(28)18-10-12-27(13-11-18)14-20-21(24)4-3-5-22(20)25/h3-9,17-18H,10-15H2,1-2H3,(H,26,28). The number of ether oxygens (including phenoxy) is 1. The van der Waals surface area contributed by atoms with Gasteiger partial charge in [0.05, 0.1) is 6.04 Å². The largest absolute Gasteiger partial charge is 0.491 e. The van der Waals surface area contributed by atoms with Gasteiger partial charge in [0.25, 0.3) is 0 Å². The van der Waals surface area contributed by atoms with Crippen LogP contribution in [-0.2, 0) is 11.3 Å². The van der Waals surface area contributed by atoms with Gasteiger partial charge >= 0.3 is 0 Å². The lowest BCUT2D eigenvalue weighted by Gasteiger charge is -2.32. The monoisotopic (exact) mass is 418 g/mol. The zero-order valence-corrected chi connectivity index (χ0v) is 17.7. The van der Waals surface area contributed by atoms with Gasteiger partial charge in [-0.2, -0.15) is 0 Å². The summed E-state index contributed by atoms with van der Waals surface area (Å²) in [5.41, 5.74) is 1.71. The van der Waals surface area contributed by atoms with E-state index in [-0.39, 0.29) is 23.7 Å². The van der Waals surface area contributed by atoms with E-state index in [0.717, 1.165) is 31.7 Å². The van der Waals surface area contributed by atoms with Gasteiger partial charge < -0.3 is 10.1 Å². The Hall–Kier alpha value is -2.11. The smallest absolute Gasteiger partial charge is 0.223 e. The van der Waals surface area contributed by atoms with Crippen molar-refractivity contribution in [2.75, 3.05) is 19.7 Å². The molecular formula is C23H28ClFN2O2. The van der Waals surface area contributed by atoms with E-state index in [2.05, 4.69) is 10.2 Å². The highest BCUT2D eigenvalue weighted by Gasteiger charge is 2.26. The summed E-state index contributed by atoms with van der Waals surface area (Å²) in [7, 11) is 0. The second-order valence-electron chi connectivity index (χ2n) is 7.78. The Kier molecular flexibility index (Phi) is 7.51. The van der Waals surface area contributed by atoms with Gasteiger partial charge in [0.1, 0.15) is 18.2 Å². The van der Waals surface area contributed by atoms with Crippen molar-refractivity contribution in [2.24, 2.45) is 5.92 Å². The molecule has 6 heteroatoms. The van der Waals surface area contributed by atoms with E-state index in [1.54, 1.807) is 12.1 Å². The van der Waals surface area contributed by atoms with Crippen molar-refractivity contribution in [1.82, 2.24) is 10.2 Å². The van der Waals surface area contributed by atoms with Crippen LogP contribution in [0, 0.1) is 18.7 Å². The SMILES string of the molecule is Cc1ccc(OCC(C)NC(=O)C2CCN(Cc3c(F)cccc3Cl)CC2)cc1. The van der Waals surface area contributed by atoms with Crippen LogP contribution in [0.1, 0.15) is 30.9 Å². The molecule has 29 heavy (non-hydrogen) atoms. The molecule has 1 unspecified atom stereocenters. The maximum Gasteiger partial charge on any atom is 0.223 e. The number of carbonyl (C=O) groups excluding carboxylic acids is 1. The molecule has 0 aliphatic carbocycles. The predicted octanol–water partition coefficient (Wildman–Crippen LogP) is 4.58. The molecule has 1 fully saturated rings. The van der Waals surface area contributed by atoms with Crippen molar-refractivity contribution < 1.29 is 13.9 Å². The van der Waals surface area contributed by atoms with Crippen molar-refractivity contribution in [3.63, 3.8) is 0 Å². The van der Waals surface area contributed by atoms with Crippen LogP contribution < -0.4 is 10.1 Å². The molecule has 4 nitrogen and oxygen atoms in total. The Morgan fingerprint density at radius 1 is 1.24 bits per heavy atom. The van der Waals surface area contributed by atoms with E-state index in [1.807, 2.05) is 38.1 Å². The van der Waals surface area contributed by atoms with Crippen molar-refractivity contribution in [3.05, 3.63) is 64.4 Å². The van der Waals surface area contributed by atoms with E-state index < -0.39 is 0 Å². The first-order valence-corrected chi connectivity index (χ1v) is 10.4. The summed E-state index contributed by atoms with van der Waals surface area (Å²) in [6.07, 6.45) is 1.51. The van der Waals surface area contributed by atoms with Gasteiger partial charge in [-0.25, -0.2) is 4.39 Å². The molecular weight excluding hydrogens is 391 g/mol. The van der Waals surface area contributed by atoms with Crippen LogP contribution >= 0.6 is 11.6 Å². The molecule has 0 aromatic heterocycles. The molecule has 1 atom stereocenters. The lowest BCUT2D eigenvalue weighted by atomic mass is 9.95. The summed E-state index contributed by atoms with van der Waals surface area (Å²) in [6.45, 7) is 6.37. The molecule has 0 bridgehead atoms. The van der Waals surface area contributed by atoms with E-state index in [4.69, 9.17) is 16.3 Å². The predicted molar refractivity (Wildman–Crippen MR) is 114 cm³/mol. The topological polar surface area (TPSA) is 41.6 Å². The third kappa shape index (κ3) is 6.18. The minimum atomic E-state index is -0.278. The Balaban J connectivity index is 1.41. The number of nitrogens with one attached hydrogen (secondary N) is 1. The van der Waals surface area contributed by atoms with Crippen LogP contribution in [0.25, 0.3) is 0 Å². The molecule has 1 heterocycles. The second kappa shape index (κ2) is 10.1. The molecule has 156 valence electrons. The van der Waals surface area contributed by atoms with Gasteiger partial charge in [-0.05, 0) is 64.0 Å². The first-order chi connectivity index (χ1) is 13.9. The molecule has 3 rings (SSSR count). The van der Waals surface area contributed by atoms with Crippen LogP contribution in [-0.4, -0.2) is 36.5 Å². The number of carbonyl (C=O) groups is 1. The highest BCUT2D eigenvalue weighted by atomic mass is 35.5. The normalized spacial score (nSPS) is 16.4. The van der Waals surface area contributed by atoms with E-state index in [1.165, 1.54) is 11.6 Å². The van der Waals surface area contributed by atoms with Crippen molar-refractivity contribution in [1.29, 1.82) is 0 Å². The van der Waals surface area contributed by atoms with Crippen molar-refractivity contribution >= 4 is 17.5 Å². The summed E-state index contributed by atoms with van der Waals surface area (Å²) < 4.78 is 19.7. The summed E-state index contributed by atoms with van der Waals surface area (Å²) in [5.74, 6) is 0.564. The number of amides is 1. The number of halogens is 2. The molecule has 1 aliphatic heterocycles. The quantitative estimate of drug-likeness (QED) is 0.715. The zero-order valence-electron chi connectivity index (χ0n) is 17.0. The molecule has 0 spiro atoms. The van der Waals surface area contributed by atoms with Crippen LogP contribution in [0.15, 0.2) is 42.5 Å². The van der Waals surface area contributed by atoms with Gasteiger partial charge in [-0.1, -0.05) is 35.4 Å². The number of benzene rings is 2.